The minimum atomic E-state index is -0.725. The number of benzene rings is 1. The zero-order valence-electron chi connectivity index (χ0n) is 12.3. The van der Waals surface area contributed by atoms with E-state index in [0.29, 0.717) is 11.4 Å². The van der Waals surface area contributed by atoms with Crippen LogP contribution in [0.2, 0.25) is 0 Å². The van der Waals surface area contributed by atoms with Crippen molar-refractivity contribution in [3.63, 3.8) is 0 Å². The summed E-state index contributed by atoms with van der Waals surface area (Å²) in [5.41, 5.74) is 6.56. The van der Waals surface area contributed by atoms with Gasteiger partial charge in [0.25, 0.3) is 0 Å². The van der Waals surface area contributed by atoms with Crippen LogP contribution >= 0.6 is 12.4 Å². The van der Waals surface area contributed by atoms with Crippen LogP contribution in [-0.4, -0.2) is 17.4 Å². The smallest absolute Gasteiger partial charge is 0.244 e. The minimum Gasteiger partial charge on any atom is -0.326 e. The van der Waals surface area contributed by atoms with Crippen molar-refractivity contribution in [2.45, 2.75) is 38.6 Å². The van der Waals surface area contributed by atoms with Crippen molar-refractivity contribution in [1.29, 1.82) is 0 Å². The number of nitrogens with one attached hydrogen (secondary N) is 2. The monoisotopic (exact) mass is 311 g/mol. The molecule has 1 aliphatic carbocycles. The molecule has 6 heteroatoms. The summed E-state index contributed by atoms with van der Waals surface area (Å²) in [5.74, 6) is -0.297. The highest BCUT2D eigenvalue weighted by atomic mass is 35.5. The zero-order chi connectivity index (χ0) is 14.8. The van der Waals surface area contributed by atoms with Gasteiger partial charge in [0.2, 0.25) is 11.8 Å². The van der Waals surface area contributed by atoms with Crippen molar-refractivity contribution < 1.29 is 9.59 Å². The molecule has 0 heterocycles. The van der Waals surface area contributed by atoms with Gasteiger partial charge in [-0.25, -0.2) is 0 Å². The van der Waals surface area contributed by atoms with Gasteiger partial charge < -0.3 is 16.4 Å². The van der Waals surface area contributed by atoms with Crippen LogP contribution in [0.1, 0.15) is 33.1 Å². The maximum absolute atomic E-state index is 12.0. The maximum Gasteiger partial charge on any atom is 0.244 e. The lowest BCUT2D eigenvalue weighted by Gasteiger charge is -2.36. The first kappa shape index (κ1) is 17.5. The number of amides is 2. The Morgan fingerprint density at radius 1 is 1.19 bits per heavy atom. The first-order chi connectivity index (χ1) is 9.40. The third kappa shape index (κ3) is 4.19. The molecule has 0 spiro atoms. The van der Waals surface area contributed by atoms with Crippen LogP contribution in [0.5, 0.6) is 0 Å². The molecule has 1 aromatic rings. The van der Waals surface area contributed by atoms with Gasteiger partial charge >= 0.3 is 0 Å². The fourth-order valence-corrected chi connectivity index (χ4v) is 2.00. The molecule has 0 aliphatic heterocycles. The maximum atomic E-state index is 12.0. The molecular formula is C15H22ClN3O2. The van der Waals surface area contributed by atoms with Crippen molar-refractivity contribution in [2.75, 3.05) is 10.6 Å². The lowest BCUT2D eigenvalue weighted by molar-refractivity contribution is -0.123. The average Bonchev–Trinajstić information content (AvgIpc) is 2.36. The summed E-state index contributed by atoms with van der Waals surface area (Å²) in [5, 5.41) is 5.61. The van der Waals surface area contributed by atoms with Crippen molar-refractivity contribution in [3.8, 4) is 0 Å². The molecule has 1 aliphatic rings. The Balaban J connectivity index is 0.00000220. The molecule has 1 saturated carbocycles. The van der Waals surface area contributed by atoms with Crippen LogP contribution < -0.4 is 16.4 Å². The summed E-state index contributed by atoms with van der Waals surface area (Å²) < 4.78 is 0. The van der Waals surface area contributed by atoms with Gasteiger partial charge in [-0.3, -0.25) is 9.59 Å². The average molecular weight is 312 g/mol. The van der Waals surface area contributed by atoms with E-state index >= 15 is 0 Å². The predicted octanol–water partition coefficient (Wildman–Crippen LogP) is 2.52. The summed E-state index contributed by atoms with van der Waals surface area (Å²) in [7, 11) is 0. The Kier molecular flexibility index (Phi) is 5.75. The van der Waals surface area contributed by atoms with Gasteiger partial charge in [-0.2, -0.15) is 0 Å². The minimum absolute atomic E-state index is 0. The van der Waals surface area contributed by atoms with Crippen LogP contribution in [0, 0.1) is 5.92 Å². The Bertz CT molecular complexity index is 527. The van der Waals surface area contributed by atoms with E-state index < -0.39 is 5.54 Å². The summed E-state index contributed by atoms with van der Waals surface area (Å²) in [6.07, 6.45) is 2.44. The van der Waals surface area contributed by atoms with Gasteiger partial charge in [-0.15, -0.1) is 12.4 Å². The van der Waals surface area contributed by atoms with Gasteiger partial charge in [-0.1, -0.05) is 19.9 Å². The molecule has 0 radical (unpaired) electrons. The highest BCUT2D eigenvalue weighted by Crippen LogP contribution is 2.30. The van der Waals surface area contributed by atoms with Crippen LogP contribution in [0.25, 0.3) is 0 Å². The molecule has 2 amide bonds. The normalized spacial score (nSPS) is 15.6. The van der Waals surface area contributed by atoms with Crippen LogP contribution in [0.15, 0.2) is 24.3 Å². The van der Waals surface area contributed by atoms with Gasteiger partial charge in [0.15, 0.2) is 0 Å². The number of rotatable bonds is 4. The van der Waals surface area contributed by atoms with Crippen molar-refractivity contribution in [1.82, 2.24) is 0 Å². The highest BCUT2D eigenvalue weighted by Gasteiger charge is 2.40. The van der Waals surface area contributed by atoms with E-state index in [0.717, 1.165) is 19.3 Å². The summed E-state index contributed by atoms with van der Waals surface area (Å²) in [4.78, 5) is 23.7. The largest absolute Gasteiger partial charge is 0.326 e. The van der Waals surface area contributed by atoms with E-state index in [1.165, 1.54) is 0 Å². The number of hydrogen-bond acceptors (Lipinski definition) is 3. The highest BCUT2D eigenvalue weighted by molar-refractivity contribution is 5.99. The van der Waals surface area contributed by atoms with Gasteiger partial charge in [0.1, 0.15) is 0 Å². The third-order valence-corrected chi connectivity index (χ3v) is 3.61. The van der Waals surface area contributed by atoms with Gasteiger partial charge in [0, 0.05) is 17.3 Å². The Morgan fingerprint density at radius 3 is 2.24 bits per heavy atom. The quantitative estimate of drug-likeness (QED) is 0.799. The Morgan fingerprint density at radius 2 is 1.76 bits per heavy atom. The standard InChI is InChI=1S/C15H21N3O2.ClH/c1-10(2)13(19)17-11-5-3-6-12(9-11)18-14(20)15(16)7-4-8-15;/h3,5-6,9-10H,4,7-8,16H2,1-2H3,(H,17,19)(H,18,20);1H. The molecule has 116 valence electrons. The first-order valence-electron chi connectivity index (χ1n) is 6.92. The second-order valence-corrected chi connectivity index (χ2v) is 5.69. The lowest BCUT2D eigenvalue weighted by atomic mass is 9.77. The lowest BCUT2D eigenvalue weighted by Crippen LogP contribution is -2.56. The second-order valence-electron chi connectivity index (χ2n) is 5.69. The molecule has 1 aromatic carbocycles. The number of carbonyl (C=O) groups is 2. The van der Waals surface area contributed by atoms with E-state index in [-0.39, 0.29) is 30.1 Å². The zero-order valence-corrected chi connectivity index (χ0v) is 13.1. The predicted molar refractivity (Wildman–Crippen MR) is 86.6 cm³/mol. The van der Waals surface area contributed by atoms with Crippen LogP contribution in [-0.2, 0) is 9.59 Å². The fourth-order valence-electron chi connectivity index (χ4n) is 2.00. The molecule has 1 fully saturated rings. The summed E-state index contributed by atoms with van der Waals surface area (Å²) in [6, 6.07) is 7.10. The molecule has 0 saturated heterocycles. The molecule has 5 nitrogen and oxygen atoms in total. The fraction of sp³-hybridized carbons (Fsp3) is 0.467. The van der Waals surface area contributed by atoms with Crippen molar-refractivity contribution in [3.05, 3.63) is 24.3 Å². The van der Waals surface area contributed by atoms with Gasteiger partial charge in [-0.05, 0) is 37.5 Å². The number of carbonyl (C=O) groups excluding carboxylic acids is 2. The molecular weight excluding hydrogens is 290 g/mol. The molecule has 0 bridgehead atoms. The summed E-state index contributed by atoms with van der Waals surface area (Å²) in [6.45, 7) is 3.66. The second kappa shape index (κ2) is 6.91. The van der Waals surface area contributed by atoms with E-state index in [1.54, 1.807) is 24.3 Å². The molecule has 0 unspecified atom stereocenters. The van der Waals surface area contributed by atoms with Crippen LogP contribution in [0.3, 0.4) is 0 Å². The Hall–Kier alpha value is -1.59. The number of halogens is 1. The van der Waals surface area contributed by atoms with Crippen molar-refractivity contribution >= 4 is 35.6 Å². The molecule has 4 N–H and O–H groups in total. The number of anilines is 2. The van der Waals surface area contributed by atoms with Crippen LogP contribution in [0.4, 0.5) is 11.4 Å². The van der Waals surface area contributed by atoms with E-state index in [9.17, 15) is 9.59 Å². The molecule has 21 heavy (non-hydrogen) atoms. The summed E-state index contributed by atoms with van der Waals surface area (Å²) >= 11 is 0. The van der Waals surface area contributed by atoms with E-state index in [1.807, 2.05) is 13.8 Å². The first-order valence-corrected chi connectivity index (χ1v) is 6.92. The Labute approximate surface area is 131 Å². The number of nitrogens with two attached hydrogens (primary N) is 1. The molecule has 2 rings (SSSR count). The molecule has 0 atom stereocenters. The van der Waals surface area contributed by atoms with Crippen molar-refractivity contribution in [2.24, 2.45) is 11.7 Å². The molecule has 0 aromatic heterocycles. The topological polar surface area (TPSA) is 84.2 Å². The third-order valence-electron chi connectivity index (χ3n) is 3.61. The van der Waals surface area contributed by atoms with E-state index in [2.05, 4.69) is 10.6 Å². The SMILES string of the molecule is CC(C)C(=O)Nc1cccc(NC(=O)C2(N)CCC2)c1.Cl. The van der Waals surface area contributed by atoms with E-state index in [4.69, 9.17) is 5.73 Å². The number of hydrogen-bond donors (Lipinski definition) is 3. The van der Waals surface area contributed by atoms with Gasteiger partial charge in [0.05, 0.1) is 5.54 Å².